The molecule has 0 atom stereocenters. The average molecular weight is 402 g/mol. The van der Waals surface area contributed by atoms with E-state index in [0.29, 0.717) is 11.1 Å². The van der Waals surface area contributed by atoms with Crippen molar-refractivity contribution in [3.8, 4) is 11.5 Å². The Hall–Kier alpha value is -1.61. The molecule has 2 N–H and O–H groups in total. The number of aromatic carboxylic acids is 1. The third-order valence-corrected chi connectivity index (χ3v) is 3.38. The van der Waals surface area contributed by atoms with E-state index in [1.165, 1.54) is 43.5 Å². The molecule has 0 aliphatic rings. The summed E-state index contributed by atoms with van der Waals surface area (Å²) in [5, 5.41) is 17.5. The average Bonchev–Trinajstić information content (AvgIpc) is 2.64. The van der Waals surface area contributed by atoms with Crippen LogP contribution in [0.2, 0.25) is 0 Å². The molecule has 2 rings (SSSR count). The maximum Gasteiger partial charge on any atom is 1.00 e. The molecule has 0 aliphatic heterocycles. The quantitative estimate of drug-likeness (QED) is 0.271. The molecule has 9 heteroatoms. The number of carbonyl (C=O) groups excluding carboxylic acids is 1. The first-order valence-electron chi connectivity index (χ1n) is 7.49. The van der Waals surface area contributed by atoms with Crippen molar-refractivity contribution < 1.29 is 93.2 Å². The summed E-state index contributed by atoms with van der Waals surface area (Å²) < 4.78 is 10.2. The largest absolute Gasteiger partial charge is 1.00 e. The van der Waals surface area contributed by atoms with Gasteiger partial charge >= 0.3 is 71.1 Å². The minimum absolute atomic E-state index is 0. The standard InChI is InChI=1S/C19H16O7.2Na/c1-25-17-10-14(7-9-16(17)26-11-18(21)22)15(20)8-4-12-2-5-13(6-3-12)19(23)24;;/h2-10H,11H2,1H3,(H,21,22)(H,23,24);;/q;2*+1/b8-4+;;. The van der Waals surface area contributed by atoms with Gasteiger partial charge in [0.1, 0.15) is 0 Å². The van der Waals surface area contributed by atoms with Gasteiger partial charge in [0.25, 0.3) is 0 Å². The van der Waals surface area contributed by atoms with Crippen LogP contribution in [-0.4, -0.2) is 41.7 Å². The Morgan fingerprint density at radius 1 is 0.929 bits per heavy atom. The fourth-order valence-electron chi connectivity index (χ4n) is 2.08. The van der Waals surface area contributed by atoms with Gasteiger partial charge in [0, 0.05) is 5.56 Å². The maximum atomic E-state index is 12.3. The Balaban J connectivity index is 0.00000364. The summed E-state index contributed by atoms with van der Waals surface area (Å²) in [4.78, 5) is 33.6. The van der Waals surface area contributed by atoms with Crippen LogP contribution in [0.4, 0.5) is 0 Å². The molecule has 28 heavy (non-hydrogen) atoms. The molecule has 2 aromatic carbocycles. The van der Waals surface area contributed by atoms with Crippen LogP contribution in [0.5, 0.6) is 11.5 Å². The van der Waals surface area contributed by atoms with Gasteiger partial charge in [-0.15, -0.1) is 0 Å². The van der Waals surface area contributed by atoms with Crippen molar-refractivity contribution in [2.24, 2.45) is 0 Å². The van der Waals surface area contributed by atoms with Crippen molar-refractivity contribution in [1.82, 2.24) is 0 Å². The molecule has 0 fully saturated rings. The molecule has 0 radical (unpaired) electrons. The molecule has 134 valence electrons. The smallest absolute Gasteiger partial charge is 0.493 e. The Labute approximate surface area is 205 Å². The van der Waals surface area contributed by atoms with Gasteiger partial charge in [-0.05, 0) is 42.0 Å². The van der Waals surface area contributed by atoms with Crippen molar-refractivity contribution in [3.05, 3.63) is 65.2 Å². The second kappa shape index (κ2) is 12.8. The van der Waals surface area contributed by atoms with Crippen LogP contribution in [0.25, 0.3) is 6.08 Å². The summed E-state index contributed by atoms with van der Waals surface area (Å²) in [6, 6.07) is 10.5. The number of hydrogen-bond donors (Lipinski definition) is 2. The molecule has 2 aromatic rings. The maximum absolute atomic E-state index is 12.3. The van der Waals surface area contributed by atoms with Crippen molar-refractivity contribution in [1.29, 1.82) is 0 Å². The number of carboxylic acids is 2. The van der Waals surface area contributed by atoms with Crippen molar-refractivity contribution in [2.45, 2.75) is 0 Å². The molecular formula is C19H16Na2O7+2. The molecule has 0 spiro atoms. The van der Waals surface area contributed by atoms with Crippen molar-refractivity contribution >= 4 is 23.8 Å². The predicted octanol–water partition coefficient (Wildman–Crippen LogP) is -3.24. The molecule has 0 amide bonds. The monoisotopic (exact) mass is 402 g/mol. The molecule has 0 saturated heterocycles. The number of hydrogen-bond acceptors (Lipinski definition) is 5. The Kier molecular flexibility index (Phi) is 12.0. The first-order chi connectivity index (χ1) is 12.4. The number of carboxylic acid groups (broad SMARTS) is 2. The van der Waals surface area contributed by atoms with Gasteiger partial charge in [0.05, 0.1) is 12.7 Å². The summed E-state index contributed by atoms with van der Waals surface area (Å²) in [7, 11) is 1.39. The number of rotatable bonds is 8. The zero-order chi connectivity index (χ0) is 19.1. The minimum atomic E-state index is -1.12. The minimum Gasteiger partial charge on any atom is -0.493 e. The molecule has 0 aromatic heterocycles. The van der Waals surface area contributed by atoms with Crippen LogP contribution in [0, 0.1) is 0 Å². The second-order valence-electron chi connectivity index (χ2n) is 5.17. The van der Waals surface area contributed by atoms with Crippen LogP contribution >= 0.6 is 0 Å². The van der Waals surface area contributed by atoms with Gasteiger partial charge < -0.3 is 19.7 Å². The second-order valence-corrected chi connectivity index (χ2v) is 5.17. The summed E-state index contributed by atoms with van der Waals surface area (Å²) in [5.74, 6) is -1.97. The molecule has 0 heterocycles. The van der Waals surface area contributed by atoms with Crippen LogP contribution in [0.1, 0.15) is 26.3 Å². The predicted molar refractivity (Wildman–Crippen MR) is 92.9 cm³/mol. The first-order valence-corrected chi connectivity index (χ1v) is 7.49. The first kappa shape index (κ1) is 26.4. The summed E-state index contributed by atoms with van der Waals surface area (Å²) in [5.41, 5.74) is 1.18. The van der Waals surface area contributed by atoms with E-state index in [4.69, 9.17) is 19.7 Å². The molecule has 7 nitrogen and oxygen atoms in total. The van der Waals surface area contributed by atoms with Crippen LogP contribution < -0.4 is 68.6 Å². The number of ether oxygens (including phenoxy) is 2. The van der Waals surface area contributed by atoms with E-state index < -0.39 is 18.5 Å². The topological polar surface area (TPSA) is 110 Å². The van der Waals surface area contributed by atoms with E-state index in [9.17, 15) is 14.4 Å². The van der Waals surface area contributed by atoms with E-state index in [1.54, 1.807) is 18.2 Å². The fraction of sp³-hybridized carbons (Fsp3) is 0.105. The van der Waals surface area contributed by atoms with Gasteiger partial charge in [-0.3, -0.25) is 4.79 Å². The normalized spacial score (nSPS) is 9.75. The van der Waals surface area contributed by atoms with E-state index in [1.807, 2.05) is 0 Å². The third-order valence-electron chi connectivity index (χ3n) is 3.38. The SMILES string of the molecule is COc1cc(C(=O)/C=C/c2ccc(C(=O)O)cc2)ccc1OCC(=O)O.[Na+].[Na+]. The fourth-order valence-corrected chi connectivity index (χ4v) is 2.08. The number of carbonyl (C=O) groups is 3. The Bertz CT molecular complexity index is 861. The van der Waals surface area contributed by atoms with E-state index in [2.05, 4.69) is 0 Å². The van der Waals surface area contributed by atoms with Crippen molar-refractivity contribution in [3.63, 3.8) is 0 Å². The van der Waals surface area contributed by atoms with Gasteiger partial charge in [-0.2, -0.15) is 0 Å². The number of ketones is 1. The summed E-state index contributed by atoms with van der Waals surface area (Å²) in [6.07, 6.45) is 2.91. The Morgan fingerprint density at radius 2 is 1.54 bits per heavy atom. The van der Waals surface area contributed by atoms with Gasteiger partial charge in [0.2, 0.25) is 0 Å². The molecular weight excluding hydrogens is 386 g/mol. The summed E-state index contributed by atoms with van der Waals surface area (Å²) in [6.45, 7) is -0.518. The number of benzene rings is 2. The number of methoxy groups -OCH3 is 1. The third kappa shape index (κ3) is 7.79. The zero-order valence-corrected chi connectivity index (χ0v) is 19.8. The molecule has 0 aliphatic carbocycles. The molecule has 0 unspecified atom stereocenters. The van der Waals surface area contributed by atoms with E-state index in [-0.39, 0.29) is 82.0 Å². The van der Waals surface area contributed by atoms with E-state index >= 15 is 0 Å². The molecule has 0 saturated carbocycles. The van der Waals surface area contributed by atoms with E-state index in [0.717, 1.165) is 0 Å². The van der Waals surface area contributed by atoms with Crippen LogP contribution in [0.15, 0.2) is 48.5 Å². The van der Waals surface area contributed by atoms with Crippen LogP contribution in [-0.2, 0) is 4.79 Å². The van der Waals surface area contributed by atoms with Crippen molar-refractivity contribution in [2.75, 3.05) is 13.7 Å². The molecule has 0 bridgehead atoms. The number of allylic oxidation sites excluding steroid dienone is 1. The van der Waals surface area contributed by atoms with Gasteiger partial charge in [-0.1, -0.05) is 18.2 Å². The van der Waals surface area contributed by atoms with Crippen LogP contribution in [0.3, 0.4) is 0 Å². The van der Waals surface area contributed by atoms with Gasteiger partial charge in [-0.25, -0.2) is 9.59 Å². The summed E-state index contributed by atoms with van der Waals surface area (Å²) >= 11 is 0. The zero-order valence-electron chi connectivity index (χ0n) is 15.8. The Morgan fingerprint density at radius 3 is 2.07 bits per heavy atom. The number of aliphatic carboxylic acids is 1. The van der Waals surface area contributed by atoms with Gasteiger partial charge in [0.15, 0.2) is 23.9 Å².